The zero-order valence-electron chi connectivity index (χ0n) is 12.0. The fraction of sp³-hybridized carbons (Fsp3) is 0.467. The van der Waals surface area contributed by atoms with Crippen LogP contribution in [0.2, 0.25) is 5.02 Å². The summed E-state index contributed by atoms with van der Waals surface area (Å²) in [5.41, 5.74) is 0.687. The fourth-order valence-corrected chi connectivity index (χ4v) is 2.61. The molecule has 1 unspecified atom stereocenters. The van der Waals surface area contributed by atoms with Gasteiger partial charge in [-0.15, -0.1) is 0 Å². The number of nitrogens with one attached hydrogen (secondary N) is 1. The lowest BCUT2D eigenvalue weighted by atomic mass is 10.00. The molecule has 5 nitrogen and oxygen atoms in total. The molecule has 0 saturated carbocycles. The number of carbonyl (C=O) groups is 2. The molecule has 0 bridgehead atoms. The molecule has 6 heteroatoms. The van der Waals surface area contributed by atoms with E-state index in [1.807, 2.05) is 0 Å². The van der Waals surface area contributed by atoms with Crippen LogP contribution in [0.1, 0.15) is 25.7 Å². The second kappa shape index (κ2) is 7.31. The van der Waals surface area contributed by atoms with E-state index in [1.54, 1.807) is 29.2 Å². The Hall–Kier alpha value is -1.75. The molecule has 0 radical (unpaired) electrons. The average Bonchev–Trinajstić information content (AvgIpc) is 2.50. The minimum absolute atomic E-state index is 0.0986. The van der Waals surface area contributed by atoms with Gasteiger partial charge in [-0.3, -0.25) is 4.79 Å². The van der Waals surface area contributed by atoms with Crippen molar-refractivity contribution in [3.63, 3.8) is 0 Å². The summed E-state index contributed by atoms with van der Waals surface area (Å²) < 4.78 is 4.70. The van der Waals surface area contributed by atoms with E-state index < -0.39 is 0 Å². The van der Waals surface area contributed by atoms with Crippen LogP contribution in [0.5, 0.6) is 0 Å². The molecule has 1 atom stereocenters. The van der Waals surface area contributed by atoms with Gasteiger partial charge in [-0.2, -0.15) is 0 Å². The zero-order valence-corrected chi connectivity index (χ0v) is 12.7. The summed E-state index contributed by atoms with van der Waals surface area (Å²) in [5.74, 6) is -0.286. The Morgan fingerprint density at radius 2 is 2.05 bits per heavy atom. The lowest BCUT2D eigenvalue weighted by molar-refractivity contribution is -0.142. The highest BCUT2D eigenvalue weighted by Crippen LogP contribution is 2.22. The summed E-state index contributed by atoms with van der Waals surface area (Å²) in [4.78, 5) is 25.5. The van der Waals surface area contributed by atoms with Gasteiger partial charge < -0.3 is 15.0 Å². The molecule has 1 aromatic carbocycles. The van der Waals surface area contributed by atoms with E-state index in [9.17, 15) is 9.59 Å². The monoisotopic (exact) mass is 310 g/mol. The Balaban J connectivity index is 2.00. The third-order valence-electron chi connectivity index (χ3n) is 3.61. The summed E-state index contributed by atoms with van der Waals surface area (Å²) in [5, 5.41) is 3.46. The SMILES string of the molecule is COC(=O)CC1CCCCN1C(=O)Nc1ccc(Cl)cc1. The van der Waals surface area contributed by atoms with E-state index in [-0.39, 0.29) is 24.5 Å². The zero-order chi connectivity index (χ0) is 15.2. The third kappa shape index (κ3) is 4.36. The average molecular weight is 311 g/mol. The second-order valence-electron chi connectivity index (χ2n) is 5.06. The number of likely N-dealkylation sites (tertiary alicyclic amines) is 1. The summed E-state index contributed by atoms with van der Waals surface area (Å²) in [6.07, 6.45) is 3.03. The highest BCUT2D eigenvalue weighted by Gasteiger charge is 2.28. The fourth-order valence-electron chi connectivity index (χ4n) is 2.48. The summed E-state index contributed by atoms with van der Waals surface area (Å²) in [6, 6.07) is 6.65. The third-order valence-corrected chi connectivity index (χ3v) is 3.87. The number of rotatable bonds is 3. The highest BCUT2D eigenvalue weighted by atomic mass is 35.5. The molecule has 114 valence electrons. The van der Waals surface area contributed by atoms with Crippen molar-refractivity contribution < 1.29 is 14.3 Å². The first-order valence-electron chi connectivity index (χ1n) is 7.00. The number of urea groups is 1. The summed E-state index contributed by atoms with van der Waals surface area (Å²) >= 11 is 5.82. The maximum atomic E-state index is 12.4. The molecule has 1 fully saturated rings. The number of piperidine rings is 1. The van der Waals surface area contributed by atoms with Gasteiger partial charge in [0.25, 0.3) is 0 Å². The first kappa shape index (κ1) is 15.6. The number of halogens is 1. The van der Waals surface area contributed by atoms with Crippen LogP contribution in [0.3, 0.4) is 0 Å². The lowest BCUT2D eigenvalue weighted by Crippen LogP contribution is -2.46. The number of benzene rings is 1. The molecule has 1 N–H and O–H groups in total. The molecule has 2 rings (SSSR count). The topological polar surface area (TPSA) is 58.6 Å². The molecular formula is C15H19ClN2O3. The van der Waals surface area contributed by atoms with E-state index in [4.69, 9.17) is 16.3 Å². The maximum absolute atomic E-state index is 12.4. The van der Waals surface area contributed by atoms with Gasteiger partial charge in [0.1, 0.15) is 0 Å². The Morgan fingerprint density at radius 1 is 1.33 bits per heavy atom. The van der Waals surface area contributed by atoms with E-state index in [0.717, 1.165) is 19.3 Å². The molecule has 1 saturated heterocycles. The van der Waals surface area contributed by atoms with Gasteiger partial charge in [0.15, 0.2) is 0 Å². The van der Waals surface area contributed by atoms with Crippen LogP contribution in [0.4, 0.5) is 10.5 Å². The molecule has 0 aliphatic carbocycles. The predicted octanol–water partition coefficient (Wildman–Crippen LogP) is 3.29. The van der Waals surface area contributed by atoms with E-state index >= 15 is 0 Å². The quantitative estimate of drug-likeness (QED) is 0.872. The van der Waals surface area contributed by atoms with E-state index in [2.05, 4.69) is 5.32 Å². The molecule has 1 aliphatic rings. The number of anilines is 1. The van der Waals surface area contributed by atoms with Crippen molar-refractivity contribution in [2.24, 2.45) is 0 Å². The number of nitrogens with zero attached hydrogens (tertiary/aromatic N) is 1. The second-order valence-corrected chi connectivity index (χ2v) is 5.50. The number of carbonyl (C=O) groups excluding carboxylic acids is 2. The molecule has 1 heterocycles. The van der Waals surface area contributed by atoms with Crippen LogP contribution in [-0.4, -0.2) is 36.6 Å². The minimum atomic E-state index is -0.286. The van der Waals surface area contributed by atoms with Crippen molar-refractivity contribution >= 4 is 29.3 Å². The van der Waals surface area contributed by atoms with Gasteiger partial charge in [0.2, 0.25) is 0 Å². The van der Waals surface area contributed by atoms with Crippen molar-refractivity contribution in [1.82, 2.24) is 4.90 Å². The molecule has 21 heavy (non-hydrogen) atoms. The molecule has 0 aromatic heterocycles. The first-order valence-corrected chi connectivity index (χ1v) is 7.38. The molecule has 0 spiro atoms. The number of esters is 1. The van der Waals surface area contributed by atoms with Crippen LogP contribution < -0.4 is 5.32 Å². The van der Waals surface area contributed by atoms with Crippen molar-refractivity contribution in [3.05, 3.63) is 29.3 Å². The standard InChI is InChI=1S/C15H19ClN2O3/c1-21-14(19)10-13-4-2-3-9-18(13)15(20)17-12-7-5-11(16)6-8-12/h5-8,13H,2-4,9-10H2,1H3,(H,17,20). The number of ether oxygens (including phenoxy) is 1. The Labute approximate surface area is 129 Å². The molecule has 1 aliphatic heterocycles. The number of hydrogen-bond donors (Lipinski definition) is 1. The first-order chi connectivity index (χ1) is 10.1. The summed E-state index contributed by atoms with van der Waals surface area (Å²) in [7, 11) is 1.36. The maximum Gasteiger partial charge on any atom is 0.322 e. The number of amides is 2. The number of hydrogen-bond acceptors (Lipinski definition) is 3. The van der Waals surface area contributed by atoms with Crippen LogP contribution in [0.15, 0.2) is 24.3 Å². The van der Waals surface area contributed by atoms with Crippen LogP contribution in [-0.2, 0) is 9.53 Å². The smallest absolute Gasteiger partial charge is 0.322 e. The molecule has 2 amide bonds. The predicted molar refractivity (Wildman–Crippen MR) is 81.4 cm³/mol. The van der Waals surface area contributed by atoms with Crippen LogP contribution >= 0.6 is 11.6 Å². The van der Waals surface area contributed by atoms with Gasteiger partial charge in [-0.05, 0) is 43.5 Å². The van der Waals surface area contributed by atoms with Gasteiger partial charge in [0, 0.05) is 23.3 Å². The van der Waals surface area contributed by atoms with Crippen molar-refractivity contribution in [1.29, 1.82) is 0 Å². The Morgan fingerprint density at radius 3 is 2.71 bits per heavy atom. The van der Waals surface area contributed by atoms with E-state index in [1.165, 1.54) is 7.11 Å². The van der Waals surface area contributed by atoms with Crippen molar-refractivity contribution in [3.8, 4) is 0 Å². The van der Waals surface area contributed by atoms with Crippen LogP contribution in [0.25, 0.3) is 0 Å². The van der Waals surface area contributed by atoms with E-state index in [0.29, 0.717) is 17.3 Å². The summed E-state index contributed by atoms with van der Waals surface area (Å²) in [6.45, 7) is 0.654. The number of methoxy groups -OCH3 is 1. The lowest BCUT2D eigenvalue weighted by Gasteiger charge is -2.35. The minimum Gasteiger partial charge on any atom is -0.469 e. The van der Waals surface area contributed by atoms with Crippen LogP contribution in [0, 0.1) is 0 Å². The van der Waals surface area contributed by atoms with Gasteiger partial charge >= 0.3 is 12.0 Å². The molecular weight excluding hydrogens is 292 g/mol. The van der Waals surface area contributed by atoms with Gasteiger partial charge in [-0.25, -0.2) is 4.79 Å². The van der Waals surface area contributed by atoms with Crippen molar-refractivity contribution in [2.45, 2.75) is 31.7 Å². The molecule has 1 aromatic rings. The van der Waals surface area contributed by atoms with Gasteiger partial charge in [-0.1, -0.05) is 11.6 Å². The Bertz CT molecular complexity index is 504. The Kier molecular flexibility index (Phi) is 5.44. The largest absolute Gasteiger partial charge is 0.469 e. The van der Waals surface area contributed by atoms with Crippen molar-refractivity contribution in [2.75, 3.05) is 19.0 Å². The highest BCUT2D eigenvalue weighted by molar-refractivity contribution is 6.30. The normalized spacial score (nSPS) is 18.2. The van der Waals surface area contributed by atoms with Gasteiger partial charge in [0.05, 0.1) is 13.5 Å².